The maximum absolute atomic E-state index is 5.34. The lowest BCUT2D eigenvalue weighted by atomic mass is 10.0. The molecule has 0 atom stereocenters. The van der Waals surface area contributed by atoms with Crippen molar-refractivity contribution in [1.82, 2.24) is 9.97 Å². The molecule has 5 heteroatoms. The molecule has 1 aromatic rings. The summed E-state index contributed by atoms with van der Waals surface area (Å²) in [4.78, 5) is 8.59. The standard InChI is InChI=1S/C12H20N4O/c1-2-14-11-8-13-9-12(16-11)15-7-10-3-5-17-6-4-10/h8-10H,2-7H2,1H3,(H2,14,15,16). The van der Waals surface area contributed by atoms with Crippen LogP contribution in [0.5, 0.6) is 0 Å². The maximum Gasteiger partial charge on any atom is 0.146 e. The molecule has 0 aromatic carbocycles. The third-order valence-electron chi connectivity index (χ3n) is 2.91. The van der Waals surface area contributed by atoms with Gasteiger partial charge in [0.15, 0.2) is 0 Å². The first-order valence-corrected chi connectivity index (χ1v) is 6.26. The molecule has 0 spiro atoms. The van der Waals surface area contributed by atoms with Crippen LogP contribution in [0.4, 0.5) is 11.6 Å². The Balaban J connectivity index is 1.83. The molecule has 1 aliphatic heterocycles. The Hall–Kier alpha value is -1.36. The van der Waals surface area contributed by atoms with E-state index >= 15 is 0 Å². The van der Waals surface area contributed by atoms with E-state index < -0.39 is 0 Å². The molecule has 2 rings (SSSR count). The molecular formula is C12H20N4O. The largest absolute Gasteiger partial charge is 0.381 e. The highest BCUT2D eigenvalue weighted by Gasteiger charge is 2.13. The zero-order chi connectivity index (χ0) is 11.9. The Bertz CT molecular complexity index is 339. The van der Waals surface area contributed by atoms with Gasteiger partial charge in [-0.05, 0) is 25.7 Å². The summed E-state index contributed by atoms with van der Waals surface area (Å²) in [5.74, 6) is 2.35. The highest BCUT2D eigenvalue weighted by atomic mass is 16.5. The average Bonchev–Trinajstić information content (AvgIpc) is 2.39. The van der Waals surface area contributed by atoms with Crippen molar-refractivity contribution in [3.63, 3.8) is 0 Å². The van der Waals surface area contributed by atoms with Gasteiger partial charge in [0, 0.05) is 26.3 Å². The van der Waals surface area contributed by atoms with Gasteiger partial charge < -0.3 is 15.4 Å². The molecule has 1 fully saturated rings. The first kappa shape index (κ1) is 12.1. The minimum Gasteiger partial charge on any atom is -0.381 e. The van der Waals surface area contributed by atoms with E-state index in [4.69, 9.17) is 4.74 Å². The summed E-state index contributed by atoms with van der Waals surface area (Å²) in [6.45, 7) is 5.63. The zero-order valence-corrected chi connectivity index (χ0v) is 10.3. The Morgan fingerprint density at radius 2 is 1.94 bits per heavy atom. The number of hydrogen-bond donors (Lipinski definition) is 2. The van der Waals surface area contributed by atoms with Crippen molar-refractivity contribution in [1.29, 1.82) is 0 Å². The number of rotatable bonds is 5. The minimum absolute atomic E-state index is 0.688. The SMILES string of the molecule is CCNc1cncc(NCC2CCOCC2)n1. The fraction of sp³-hybridized carbons (Fsp3) is 0.667. The molecule has 2 N–H and O–H groups in total. The quantitative estimate of drug-likeness (QED) is 0.815. The average molecular weight is 236 g/mol. The van der Waals surface area contributed by atoms with Crippen LogP contribution in [0.25, 0.3) is 0 Å². The number of nitrogens with one attached hydrogen (secondary N) is 2. The minimum atomic E-state index is 0.688. The van der Waals surface area contributed by atoms with Crippen LogP contribution < -0.4 is 10.6 Å². The molecule has 0 aliphatic carbocycles. The molecule has 0 saturated carbocycles. The van der Waals surface area contributed by atoms with Gasteiger partial charge in [-0.15, -0.1) is 0 Å². The number of aromatic nitrogens is 2. The van der Waals surface area contributed by atoms with Crippen molar-refractivity contribution < 1.29 is 4.74 Å². The summed E-state index contributed by atoms with van der Waals surface area (Å²) in [5.41, 5.74) is 0. The normalized spacial score (nSPS) is 16.8. The second-order valence-electron chi connectivity index (χ2n) is 4.26. The summed E-state index contributed by atoms with van der Waals surface area (Å²) in [6, 6.07) is 0. The monoisotopic (exact) mass is 236 g/mol. The summed E-state index contributed by atoms with van der Waals surface area (Å²) < 4.78 is 5.34. The van der Waals surface area contributed by atoms with Crippen molar-refractivity contribution in [2.75, 3.05) is 36.9 Å². The van der Waals surface area contributed by atoms with E-state index in [2.05, 4.69) is 20.6 Å². The van der Waals surface area contributed by atoms with Crippen LogP contribution in [-0.2, 0) is 4.74 Å². The van der Waals surface area contributed by atoms with Gasteiger partial charge in [-0.1, -0.05) is 0 Å². The third kappa shape index (κ3) is 3.85. The van der Waals surface area contributed by atoms with Gasteiger partial charge >= 0.3 is 0 Å². The van der Waals surface area contributed by atoms with Crippen molar-refractivity contribution in [2.24, 2.45) is 5.92 Å². The topological polar surface area (TPSA) is 59.1 Å². The molecular weight excluding hydrogens is 216 g/mol. The molecule has 1 aliphatic rings. The van der Waals surface area contributed by atoms with Gasteiger partial charge in [-0.2, -0.15) is 0 Å². The summed E-state index contributed by atoms with van der Waals surface area (Å²) in [6.07, 6.45) is 5.77. The number of anilines is 2. The lowest BCUT2D eigenvalue weighted by molar-refractivity contribution is 0.0699. The van der Waals surface area contributed by atoms with Crippen LogP contribution in [0.1, 0.15) is 19.8 Å². The van der Waals surface area contributed by atoms with Crippen LogP contribution >= 0.6 is 0 Å². The first-order chi connectivity index (χ1) is 8.38. The molecule has 0 radical (unpaired) electrons. The highest BCUT2D eigenvalue weighted by Crippen LogP contribution is 2.15. The Morgan fingerprint density at radius 3 is 2.65 bits per heavy atom. The van der Waals surface area contributed by atoms with Crippen LogP contribution in [0.15, 0.2) is 12.4 Å². The predicted octanol–water partition coefficient (Wildman–Crippen LogP) is 1.75. The van der Waals surface area contributed by atoms with Gasteiger partial charge in [-0.3, -0.25) is 4.98 Å². The number of nitrogens with zero attached hydrogens (tertiary/aromatic N) is 2. The Labute approximate surface area is 102 Å². The lowest BCUT2D eigenvalue weighted by Crippen LogP contribution is -2.23. The molecule has 1 aromatic heterocycles. The predicted molar refractivity (Wildman–Crippen MR) is 68.2 cm³/mol. The van der Waals surface area contributed by atoms with Crippen molar-refractivity contribution in [2.45, 2.75) is 19.8 Å². The Morgan fingerprint density at radius 1 is 1.24 bits per heavy atom. The van der Waals surface area contributed by atoms with Crippen molar-refractivity contribution in [3.8, 4) is 0 Å². The third-order valence-corrected chi connectivity index (χ3v) is 2.91. The van der Waals surface area contributed by atoms with Crippen molar-refractivity contribution in [3.05, 3.63) is 12.4 Å². The van der Waals surface area contributed by atoms with E-state index in [1.807, 2.05) is 6.92 Å². The molecule has 94 valence electrons. The second-order valence-corrected chi connectivity index (χ2v) is 4.26. The first-order valence-electron chi connectivity index (χ1n) is 6.26. The number of hydrogen-bond acceptors (Lipinski definition) is 5. The molecule has 2 heterocycles. The van der Waals surface area contributed by atoms with E-state index in [9.17, 15) is 0 Å². The second kappa shape index (κ2) is 6.39. The molecule has 1 saturated heterocycles. The van der Waals surface area contributed by atoms with E-state index in [1.165, 1.54) is 0 Å². The van der Waals surface area contributed by atoms with Gasteiger partial charge in [0.05, 0.1) is 12.4 Å². The highest BCUT2D eigenvalue weighted by molar-refractivity contribution is 5.41. The van der Waals surface area contributed by atoms with Crippen LogP contribution in [0.2, 0.25) is 0 Å². The molecule has 0 unspecified atom stereocenters. The molecule has 0 bridgehead atoms. The molecule has 5 nitrogen and oxygen atoms in total. The van der Waals surface area contributed by atoms with Crippen molar-refractivity contribution >= 4 is 11.6 Å². The van der Waals surface area contributed by atoms with Crippen LogP contribution in [-0.4, -0.2) is 36.3 Å². The Kier molecular flexibility index (Phi) is 4.55. The summed E-state index contributed by atoms with van der Waals surface area (Å²) in [5, 5.41) is 6.50. The number of ether oxygens (including phenoxy) is 1. The maximum atomic E-state index is 5.34. The van der Waals surface area contributed by atoms with E-state index in [0.29, 0.717) is 5.92 Å². The smallest absolute Gasteiger partial charge is 0.146 e. The van der Waals surface area contributed by atoms with Gasteiger partial charge in [0.2, 0.25) is 0 Å². The summed E-state index contributed by atoms with van der Waals surface area (Å²) in [7, 11) is 0. The van der Waals surface area contributed by atoms with E-state index in [-0.39, 0.29) is 0 Å². The van der Waals surface area contributed by atoms with Crippen LogP contribution in [0.3, 0.4) is 0 Å². The van der Waals surface area contributed by atoms with Gasteiger partial charge in [-0.25, -0.2) is 4.98 Å². The van der Waals surface area contributed by atoms with E-state index in [1.54, 1.807) is 12.4 Å². The van der Waals surface area contributed by atoms with E-state index in [0.717, 1.165) is 50.8 Å². The summed E-state index contributed by atoms with van der Waals surface area (Å²) >= 11 is 0. The van der Waals surface area contributed by atoms with Gasteiger partial charge in [0.25, 0.3) is 0 Å². The zero-order valence-electron chi connectivity index (χ0n) is 10.3. The van der Waals surface area contributed by atoms with Crippen LogP contribution in [0, 0.1) is 5.92 Å². The fourth-order valence-electron chi connectivity index (χ4n) is 1.92. The molecule has 0 amide bonds. The fourth-order valence-corrected chi connectivity index (χ4v) is 1.92. The molecule has 17 heavy (non-hydrogen) atoms. The lowest BCUT2D eigenvalue weighted by Gasteiger charge is -2.22. The van der Waals surface area contributed by atoms with Gasteiger partial charge in [0.1, 0.15) is 11.6 Å².